The number of aromatic amines is 1. The van der Waals surface area contributed by atoms with Gasteiger partial charge < -0.3 is 5.11 Å². The molecule has 0 aliphatic carbocycles. The summed E-state index contributed by atoms with van der Waals surface area (Å²) < 4.78 is 0. The minimum absolute atomic E-state index is 0.101. The number of carboxylic acids is 1. The minimum atomic E-state index is -1.03. The molecule has 0 saturated heterocycles. The van der Waals surface area contributed by atoms with Crippen LogP contribution in [0.2, 0.25) is 0 Å². The fourth-order valence-electron chi connectivity index (χ4n) is 1.01. The zero-order chi connectivity index (χ0) is 9.97. The summed E-state index contributed by atoms with van der Waals surface area (Å²) in [6.07, 6.45) is 2.76. The van der Waals surface area contributed by atoms with Crippen molar-refractivity contribution in [1.82, 2.24) is 20.4 Å². The van der Waals surface area contributed by atoms with Crippen LogP contribution in [0.1, 0.15) is 10.4 Å². The second-order valence-corrected chi connectivity index (χ2v) is 2.60. The van der Waals surface area contributed by atoms with Gasteiger partial charge in [-0.15, -0.1) is 5.10 Å². The van der Waals surface area contributed by atoms with E-state index in [4.69, 9.17) is 5.11 Å². The maximum atomic E-state index is 10.6. The molecule has 2 rings (SSSR count). The summed E-state index contributed by atoms with van der Waals surface area (Å²) in [5.74, 6) is -1.03. The number of rotatable bonds is 2. The lowest BCUT2D eigenvalue weighted by atomic mass is 10.2. The number of H-pyrrole nitrogens is 1. The van der Waals surface area contributed by atoms with Crippen molar-refractivity contribution in [3.05, 3.63) is 30.1 Å². The SMILES string of the molecule is O=C(O)c1cnnc(-c2ccn[nH]2)c1. The second kappa shape index (κ2) is 3.25. The molecule has 0 unspecified atom stereocenters. The summed E-state index contributed by atoms with van der Waals surface area (Å²) in [7, 11) is 0. The first-order chi connectivity index (χ1) is 6.77. The molecule has 2 aromatic rings. The Labute approximate surface area is 78.6 Å². The van der Waals surface area contributed by atoms with Gasteiger partial charge in [-0.3, -0.25) is 5.10 Å². The van der Waals surface area contributed by atoms with E-state index >= 15 is 0 Å². The number of nitrogens with one attached hydrogen (secondary N) is 1. The molecule has 0 amide bonds. The largest absolute Gasteiger partial charge is 0.478 e. The number of hydrogen-bond acceptors (Lipinski definition) is 4. The van der Waals surface area contributed by atoms with Crippen LogP contribution in [-0.2, 0) is 0 Å². The van der Waals surface area contributed by atoms with E-state index in [2.05, 4.69) is 20.4 Å². The molecular formula is C8H6N4O2. The van der Waals surface area contributed by atoms with Gasteiger partial charge >= 0.3 is 5.97 Å². The standard InChI is InChI=1S/C8H6N4O2/c13-8(14)5-3-7(12-10-4-5)6-1-2-9-11-6/h1-4H,(H,9,11)(H,13,14). The van der Waals surface area contributed by atoms with Gasteiger partial charge in [0.1, 0.15) is 5.69 Å². The molecule has 0 atom stereocenters. The van der Waals surface area contributed by atoms with E-state index in [9.17, 15) is 4.79 Å². The molecule has 2 aromatic heterocycles. The smallest absolute Gasteiger partial charge is 0.337 e. The molecular weight excluding hydrogens is 184 g/mol. The van der Waals surface area contributed by atoms with E-state index in [1.165, 1.54) is 12.3 Å². The summed E-state index contributed by atoms with van der Waals surface area (Å²) in [4.78, 5) is 10.6. The number of hydrogen-bond donors (Lipinski definition) is 2. The first-order valence-electron chi connectivity index (χ1n) is 3.83. The Balaban J connectivity index is 2.46. The highest BCUT2D eigenvalue weighted by molar-refractivity contribution is 5.88. The molecule has 0 spiro atoms. The van der Waals surface area contributed by atoms with Crippen LogP contribution in [0.25, 0.3) is 11.4 Å². The molecule has 0 aromatic carbocycles. The van der Waals surface area contributed by atoms with Crippen molar-refractivity contribution < 1.29 is 9.90 Å². The zero-order valence-corrected chi connectivity index (χ0v) is 7.01. The lowest BCUT2D eigenvalue weighted by Crippen LogP contribution is -1.99. The van der Waals surface area contributed by atoms with E-state index < -0.39 is 5.97 Å². The Morgan fingerprint density at radius 2 is 2.36 bits per heavy atom. The Morgan fingerprint density at radius 3 is 3.00 bits per heavy atom. The van der Waals surface area contributed by atoms with Gasteiger partial charge in [-0.25, -0.2) is 4.79 Å². The van der Waals surface area contributed by atoms with Crippen LogP contribution in [-0.4, -0.2) is 31.5 Å². The van der Waals surface area contributed by atoms with Gasteiger partial charge in [0, 0.05) is 6.20 Å². The lowest BCUT2D eigenvalue weighted by molar-refractivity contribution is 0.0696. The van der Waals surface area contributed by atoms with E-state index in [-0.39, 0.29) is 5.56 Å². The maximum absolute atomic E-state index is 10.6. The first kappa shape index (κ1) is 8.36. The molecule has 0 bridgehead atoms. The third-order valence-electron chi connectivity index (χ3n) is 1.68. The summed E-state index contributed by atoms with van der Waals surface area (Å²) in [6.45, 7) is 0. The molecule has 2 heterocycles. The average molecular weight is 190 g/mol. The van der Waals surface area contributed by atoms with Crippen LogP contribution in [0.15, 0.2) is 24.5 Å². The Hall–Kier alpha value is -2.24. The number of aromatic nitrogens is 4. The molecule has 0 aliphatic heterocycles. The number of carbonyl (C=O) groups is 1. The monoisotopic (exact) mass is 190 g/mol. The van der Waals surface area contributed by atoms with Crippen LogP contribution < -0.4 is 0 Å². The van der Waals surface area contributed by atoms with Gasteiger partial charge in [-0.2, -0.15) is 10.2 Å². The molecule has 0 aliphatic rings. The van der Waals surface area contributed by atoms with Crippen molar-refractivity contribution in [2.75, 3.05) is 0 Å². The van der Waals surface area contributed by atoms with Crippen LogP contribution >= 0.6 is 0 Å². The average Bonchev–Trinajstić information content (AvgIpc) is 2.71. The van der Waals surface area contributed by atoms with Crippen LogP contribution in [0.3, 0.4) is 0 Å². The highest BCUT2D eigenvalue weighted by atomic mass is 16.4. The van der Waals surface area contributed by atoms with Gasteiger partial charge in [-0.05, 0) is 12.1 Å². The molecule has 2 N–H and O–H groups in total. The number of nitrogens with zero attached hydrogens (tertiary/aromatic N) is 3. The maximum Gasteiger partial charge on any atom is 0.337 e. The lowest BCUT2D eigenvalue weighted by Gasteiger charge is -1.96. The van der Waals surface area contributed by atoms with Crippen LogP contribution in [0, 0.1) is 0 Å². The normalized spacial score (nSPS) is 10.0. The summed E-state index contributed by atoms with van der Waals surface area (Å²) >= 11 is 0. The Kier molecular flexibility index (Phi) is 1.94. The summed E-state index contributed by atoms with van der Waals surface area (Å²) in [5.41, 5.74) is 1.20. The minimum Gasteiger partial charge on any atom is -0.478 e. The van der Waals surface area contributed by atoms with E-state index in [1.807, 2.05) is 0 Å². The highest BCUT2D eigenvalue weighted by Gasteiger charge is 2.07. The van der Waals surface area contributed by atoms with Crippen LogP contribution in [0.5, 0.6) is 0 Å². The highest BCUT2D eigenvalue weighted by Crippen LogP contribution is 2.12. The van der Waals surface area contributed by atoms with Crippen molar-refractivity contribution in [2.24, 2.45) is 0 Å². The molecule has 0 fully saturated rings. The topological polar surface area (TPSA) is 91.8 Å². The van der Waals surface area contributed by atoms with Crippen molar-refractivity contribution in [3.63, 3.8) is 0 Å². The van der Waals surface area contributed by atoms with E-state index in [1.54, 1.807) is 12.3 Å². The molecule has 6 nitrogen and oxygen atoms in total. The van der Waals surface area contributed by atoms with Gasteiger partial charge in [0.2, 0.25) is 0 Å². The predicted molar refractivity (Wildman–Crippen MR) is 46.6 cm³/mol. The van der Waals surface area contributed by atoms with Gasteiger partial charge in [-0.1, -0.05) is 0 Å². The molecule has 6 heteroatoms. The van der Waals surface area contributed by atoms with Crippen molar-refractivity contribution in [3.8, 4) is 11.4 Å². The second-order valence-electron chi connectivity index (χ2n) is 2.60. The van der Waals surface area contributed by atoms with Crippen molar-refractivity contribution in [2.45, 2.75) is 0 Å². The third kappa shape index (κ3) is 1.45. The van der Waals surface area contributed by atoms with E-state index in [0.717, 1.165) is 0 Å². The fourth-order valence-corrected chi connectivity index (χ4v) is 1.01. The zero-order valence-electron chi connectivity index (χ0n) is 7.01. The molecule has 14 heavy (non-hydrogen) atoms. The van der Waals surface area contributed by atoms with Gasteiger partial charge in [0.15, 0.2) is 0 Å². The van der Waals surface area contributed by atoms with Crippen molar-refractivity contribution in [1.29, 1.82) is 0 Å². The predicted octanol–water partition coefficient (Wildman–Crippen LogP) is 0.565. The number of carboxylic acid groups (broad SMARTS) is 1. The quantitative estimate of drug-likeness (QED) is 0.722. The van der Waals surface area contributed by atoms with Gasteiger partial charge in [0.05, 0.1) is 17.5 Å². The Morgan fingerprint density at radius 1 is 1.50 bits per heavy atom. The molecule has 0 radical (unpaired) electrons. The third-order valence-corrected chi connectivity index (χ3v) is 1.68. The van der Waals surface area contributed by atoms with Gasteiger partial charge in [0.25, 0.3) is 0 Å². The summed E-state index contributed by atoms with van der Waals surface area (Å²) in [6, 6.07) is 3.12. The fraction of sp³-hybridized carbons (Fsp3) is 0. The first-order valence-corrected chi connectivity index (χ1v) is 3.83. The van der Waals surface area contributed by atoms with Crippen LogP contribution in [0.4, 0.5) is 0 Å². The summed E-state index contributed by atoms with van der Waals surface area (Å²) in [5, 5.41) is 22.5. The van der Waals surface area contributed by atoms with Crippen molar-refractivity contribution >= 4 is 5.97 Å². The number of aromatic carboxylic acids is 1. The Bertz CT molecular complexity index is 452. The molecule has 70 valence electrons. The molecule has 0 saturated carbocycles. The van der Waals surface area contributed by atoms with E-state index in [0.29, 0.717) is 11.4 Å².